The third-order valence-corrected chi connectivity index (χ3v) is 3.66. The molecule has 2 heterocycles. The van der Waals surface area contributed by atoms with Crippen molar-refractivity contribution in [2.75, 3.05) is 0 Å². The van der Waals surface area contributed by atoms with Crippen LogP contribution in [0.2, 0.25) is 0 Å². The van der Waals surface area contributed by atoms with Crippen LogP contribution in [-0.4, -0.2) is 11.1 Å². The summed E-state index contributed by atoms with van der Waals surface area (Å²) in [7, 11) is 0. The maximum atomic E-state index is 13.5. The van der Waals surface area contributed by atoms with Crippen molar-refractivity contribution in [2.24, 2.45) is 0 Å². The van der Waals surface area contributed by atoms with Gasteiger partial charge in [0.25, 0.3) is 5.52 Å². The first-order valence-electron chi connectivity index (χ1n) is 6.47. The highest BCUT2D eigenvalue weighted by atomic mass is 19.1. The molecule has 0 atom stereocenters. The first kappa shape index (κ1) is 12.6. The molecule has 2 aromatic carbocycles. The maximum absolute atomic E-state index is 13.5. The average molecular weight is 297 g/mol. The van der Waals surface area contributed by atoms with Gasteiger partial charge >= 0.3 is 5.97 Å². The smallest absolute Gasteiger partial charge is 0.340 e. The zero-order valence-electron chi connectivity index (χ0n) is 11.0. The minimum Gasteiger partial charge on any atom is -0.618 e. The minimum atomic E-state index is -1.28. The molecule has 0 aliphatic carbocycles. The summed E-state index contributed by atoms with van der Waals surface area (Å²) in [4.78, 5) is 11.6. The Morgan fingerprint density at radius 3 is 2.73 bits per heavy atom. The van der Waals surface area contributed by atoms with E-state index in [1.807, 2.05) is 0 Å². The lowest BCUT2D eigenvalue weighted by atomic mass is 10.1. The molecule has 0 amide bonds. The van der Waals surface area contributed by atoms with Gasteiger partial charge in [-0.3, -0.25) is 0 Å². The second-order valence-electron chi connectivity index (χ2n) is 4.91. The minimum absolute atomic E-state index is 0.00839. The number of hydrogen-bond acceptors (Lipinski definition) is 3. The van der Waals surface area contributed by atoms with Crippen LogP contribution < -0.4 is 4.73 Å². The highest BCUT2D eigenvalue weighted by Crippen LogP contribution is 2.32. The van der Waals surface area contributed by atoms with Crippen LogP contribution in [0.4, 0.5) is 4.39 Å². The van der Waals surface area contributed by atoms with Crippen molar-refractivity contribution >= 4 is 38.9 Å². The molecule has 0 fully saturated rings. The van der Waals surface area contributed by atoms with Crippen molar-refractivity contribution in [1.29, 1.82) is 0 Å². The SMILES string of the molecule is O=C(O)c1c2cc(F)ccc2[n+]([O-])c2c1oc1ccccc12. The highest BCUT2D eigenvalue weighted by molar-refractivity contribution is 6.15. The van der Waals surface area contributed by atoms with Crippen molar-refractivity contribution < 1.29 is 23.4 Å². The number of halogens is 1. The number of pyridine rings is 1. The molecule has 0 saturated heterocycles. The van der Waals surface area contributed by atoms with Gasteiger partial charge in [-0.05, 0) is 24.3 Å². The number of carboxylic acids is 1. The average Bonchev–Trinajstić information content (AvgIpc) is 2.85. The summed E-state index contributed by atoms with van der Waals surface area (Å²) < 4.78 is 19.6. The summed E-state index contributed by atoms with van der Waals surface area (Å²) in [6.07, 6.45) is 0. The van der Waals surface area contributed by atoms with Crippen LogP contribution in [0.5, 0.6) is 0 Å². The van der Waals surface area contributed by atoms with E-state index in [0.29, 0.717) is 15.7 Å². The first-order valence-corrected chi connectivity index (χ1v) is 6.47. The quantitative estimate of drug-likeness (QED) is 0.432. The van der Waals surface area contributed by atoms with E-state index in [9.17, 15) is 19.5 Å². The van der Waals surface area contributed by atoms with E-state index in [4.69, 9.17) is 4.42 Å². The Kier molecular flexibility index (Phi) is 2.39. The fraction of sp³-hybridized carbons (Fsp3) is 0. The van der Waals surface area contributed by atoms with Gasteiger partial charge in [-0.15, -0.1) is 0 Å². The topological polar surface area (TPSA) is 77.4 Å². The zero-order valence-corrected chi connectivity index (χ0v) is 11.0. The number of carbonyl (C=O) groups is 1. The monoisotopic (exact) mass is 297 g/mol. The van der Waals surface area contributed by atoms with Crippen LogP contribution in [0.1, 0.15) is 10.4 Å². The standard InChI is InChI=1S/C16H8FNO4/c17-8-5-6-11-10(7-8)13(16(19)20)15-14(18(11)21)9-3-1-2-4-12(9)22-15/h1-7H,(H,19,20). The van der Waals surface area contributed by atoms with E-state index in [2.05, 4.69) is 0 Å². The Morgan fingerprint density at radius 1 is 1.18 bits per heavy atom. The number of benzene rings is 2. The Hall–Kier alpha value is -3.15. The van der Waals surface area contributed by atoms with Crippen molar-refractivity contribution in [3.05, 3.63) is 59.1 Å². The molecule has 0 saturated carbocycles. The Morgan fingerprint density at radius 2 is 1.95 bits per heavy atom. The summed E-state index contributed by atoms with van der Waals surface area (Å²) in [5.41, 5.74) is 0.347. The molecule has 0 radical (unpaired) electrons. The van der Waals surface area contributed by atoms with E-state index in [0.717, 1.165) is 12.1 Å². The van der Waals surface area contributed by atoms with Crippen LogP contribution in [0.15, 0.2) is 46.9 Å². The number of aromatic nitrogens is 1. The van der Waals surface area contributed by atoms with Gasteiger partial charge in [-0.1, -0.05) is 12.1 Å². The van der Waals surface area contributed by atoms with Gasteiger partial charge in [-0.25, -0.2) is 9.18 Å². The second-order valence-corrected chi connectivity index (χ2v) is 4.91. The fourth-order valence-electron chi connectivity index (χ4n) is 2.74. The summed E-state index contributed by atoms with van der Waals surface area (Å²) >= 11 is 0. The van der Waals surface area contributed by atoms with Gasteiger partial charge in [-0.2, -0.15) is 4.73 Å². The van der Waals surface area contributed by atoms with Crippen LogP contribution >= 0.6 is 0 Å². The number of carboxylic acid groups (broad SMARTS) is 1. The third kappa shape index (κ3) is 1.52. The molecule has 0 unspecified atom stereocenters. The molecule has 2 aromatic heterocycles. The second kappa shape index (κ2) is 4.17. The number of rotatable bonds is 1. The molecule has 0 bridgehead atoms. The van der Waals surface area contributed by atoms with Crippen LogP contribution in [0.3, 0.4) is 0 Å². The van der Waals surface area contributed by atoms with Crippen molar-refractivity contribution in [2.45, 2.75) is 0 Å². The van der Waals surface area contributed by atoms with E-state index in [-0.39, 0.29) is 27.6 Å². The lowest BCUT2D eigenvalue weighted by Gasteiger charge is -2.06. The molecule has 4 rings (SSSR count). The van der Waals surface area contributed by atoms with Crippen molar-refractivity contribution in [3.8, 4) is 0 Å². The lowest BCUT2D eigenvalue weighted by molar-refractivity contribution is -0.547. The van der Waals surface area contributed by atoms with Gasteiger partial charge in [0.15, 0.2) is 0 Å². The third-order valence-electron chi connectivity index (χ3n) is 3.66. The van der Waals surface area contributed by atoms with Gasteiger partial charge < -0.3 is 14.7 Å². The van der Waals surface area contributed by atoms with Crippen LogP contribution in [0, 0.1) is 11.0 Å². The molecule has 5 nitrogen and oxygen atoms in total. The zero-order chi connectivity index (χ0) is 15.4. The van der Waals surface area contributed by atoms with Crippen LogP contribution in [-0.2, 0) is 0 Å². The predicted octanol–water partition coefficient (Wildman–Crippen LogP) is 3.21. The molecular formula is C16H8FNO4. The summed E-state index contributed by atoms with van der Waals surface area (Å²) in [5, 5.41) is 22.6. The van der Waals surface area contributed by atoms with Gasteiger partial charge in [0.05, 0.1) is 10.8 Å². The van der Waals surface area contributed by atoms with Crippen molar-refractivity contribution in [3.63, 3.8) is 0 Å². The number of furan rings is 1. The Balaban J connectivity index is 2.38. The van der Waals surface area contributed by atoms with E-state index in [1.54, 1.807) is 24.3 Å². The predicted molar refractivity (Wildman–Crippen MR) is 77.1 cm³/mol. The number of fused-ring (bicyclic) bond motifs is 4. The number of aromatic carboxylic acids is 1. The number of para-hydroxylation sites is 1. The molecular weight excluding hydrogens is 289 g/mol. The van der Waals surface area contributed by atoms with Gasteiger partial charge in [0.2, 0.25) is 11.1 Å². The fourth-order valence-corrected chi connectivity index (χ4v) is 2.74. The Labute approximate surface area is 122 Å². The van der Waals surface area contributed by atoms with Gasteiger partial charge in [0, 0.05) is 6.07 Å². The number of nitrogens with zero attached hydrogens (tertiary/aromatic N) is 1. The Bertz CT molecular complexity index is 1080. The largest absolute Gasteiger partial charge is 0.618 e. The summed E-state index contributed by atoms with van der Waals surface area (Å²) in [5.74, 6) is -1.90. The molecule has 0 aliphatic rings. The van der Waals surface area contributed by atoms with Gasteiger partial charge in [0.1, 0.15) is 17.0 Å². The van der Waals surface area contributed by atoms with E-state index in [1.165, 1.54) is 6.07 Å². The highest BCUT2D eigenvalue weighted by Gasteiger charge is 2.27. The maximum Gasteiger partial charge on any atom is 0.340 e. The first-order chi connectivity index (χ1) is 10.6. The summed E-state index contributed by atoms with van der Waals surface area (Å²) in [6.45, 7) is 0. The van der Waals surface area contributed by atoms with E-state index >= 15 is 0 Å². The molecule has 108 valence electrons. The van der Waals surface area contributed by atoms with Crippen molar-refractivity contribution in [1.82, 2.24) is 0 Å². The molecule has 0 spiro atoms. The molecule has 6 heteroatoms. The molecule has 0 aliphatic heterocycles. The molecule has 4 aromatic rings. The molecule has 22 heavy (non-hydrogen) atoms. The normalized spacial score (nSPS) is 11.5. The van der Waals surface area contributed by atoms with Crippen LogP contribution in [0.25, 0.3) is 33.0 Å². The summed E-state index contributed by atoms with van der Waals surface area (Å²) in [6, 6.07) is 10.2. The molecule has 1 N–H and O–H groups in total. The lowest BCUT2D eigenvalue weighted by Crippen LogP contribution is -2.29. The number of hydrogen-bond donors (Lipinski definition) is 1. The van der Waals surface area contributed by atoms with E-state index < -0.39 is 11.8 Å².